The van der Waals surface area contributed by atoms with Crippen molar-refractivity contribution in [1.29, 1.82) is 0 Å². The van der Waals surface area contributed by atoms with Gasteiger partial charge < -0.3 is 0 Å². The highest BCUT2D eigenvalue weighted by Gasteiger charge is 1.99. The quantitative estimate of drug-likeness (QED) is 0.670. The smallest absolute Gasteiger partial charge is 0.168 e. The minimum atomic E-state index is 0.436. The number of aldehydes is 1. The van der Waals surface area contributed by atoms with Crippen molar-refractivity contribution in [2.45, 2.75) is 0 Å². The highest BCUT2D eigenvalue weighted by atomic mass is 16.1. The summed E-state index contributed by atoms with van der Waals surface area (Å²) >= 11 is 0. The molecule has 2 aromatic rings. The Kier molecular flexibility index (Phi) is 2.32. The minimum Gasteiger partial charge on any atom is -0.296 e. The van der Waals surface area contributed by atoms with Crippen molar-refractivity contribution in [1.82, 2.24) is 9.97 Å². The van der Waals surface area contributed by atoms with Gasteiger partial charge in [0.2, 0.25) is 0 Å². The van der Waals surface area contributed by atoms with Gasteiger partial charge in [0.25, 0.3) is 0 Å². The van der Waals surface area contributed by atoms with Gasteiger partial charge in [0, 0.05) is 18.0 Å². The molecule has 2 rings (SSSR count). The average Bonchev–Trinajstić information content (AvgIpc) is 2.30. The molecule has 0 saturated carbocycles. The van der Waals surface area contributed by atoms with E-state index in [1.165, 1.54) is 0 Å². The molecule has 14 heavy (non-hydrogen) atoms. The van der Waals surface area contributed by atoms with Gasteiger partial charge in [-0.3, -0.25) is 9.78 Å². The van der Waals surface area contributed by atoms with Crippen molar-refractivity contribution < 1.29 is 4.79 Å². The fraction of sp³-hybridized carbons (Fsp3) is 0. The summed E-state index contributed by atoms with van der Waals surface area (Å²) in [5.74, 6) is 0. The Morgan fingerprint density at radius 3 is 2.79 bits per heavy atom. The summed E-state index contributed by atoms with van der Waals surface area (Å²) in [6, 6.07) is 9.07. The second kappa shape index (κ2) is 3.79. The van der Waals surface area contributed by atoms with Crippen LogP contribution in [0.15, 0.2) is 42.7 Å². The second-order valence-electron chi connectivity index (χ2n) is 2.81. The molecule has 2 aromatic heterocycles. The SMILES string of the molecule is O=Cc1cccc(-c2cccnc2)n1. The monoisotopic (exact) mass is 184 g/mol. The van der Waals surface area contributed by atoms with E-state index in [4.69, 9.17) is 0 Å². The van der Waals surface area contributed by atoms with Crippen LogP contribution in [0.25, 0.3) is 11.3 Å². The first-order chi connectivity index (χ1) is 6.90. The normalized spacial score (nSPS) is 9.71. The number of pyridine rings is 2. The summed E-state index contributed by atoms with van der Waals surface area (Å²) in [6.45, 7) is 0. The van der Waals surface area contributed by atoms with E-state index in [0.717, 1.165) is 17.5 Å². The van der Waals surface area contributed by atoms with Crippen molar-refractivity contribution in [2.75, 3.05) is 0 Å². The predicted molar refractivity (Wildman–Crippen MR) is 52.9 cm³/mol. The van der Waals surface area contributed by atoms with E-state index in [2.05, 4.69) is 9.97 Å². The lowest BCUT2D eigenvalue weighted by Gasteiger charge is -1.99. The van der Waals surface area contributed by atoms with Crippen LogP contribution in [0.5, 0.6) is 0 Å². The summed E-state index contributed by atoms with van der Waals surface area (Å²) < 4.78 is 0. The molecule has 3 nitrogen and oxygen atoms in total. The van der Waals surface area contributed by atoms with Crippen LogP contribution < -0.4 is 0 Å². The van der Waals surface area contributed by atoms with Gasteiger partial charge >= 0.3 is 0 Å². The Morgan fingerprint density at radius 2 is 2.07 bits per heavy atom. The van der Waals surface area contributed by atoms with Crippen LogP contribution in [0.3, 0.4) is 0 Å². The van der Waals surface area contributed by atoms with E-state index in [9.17, 15) is 4.79 Å². The molecular formula is C11H8N2O. The first kappa shape index (κ1) is 8.56. The van der Waals surface area contributed by atoms with Gasteiger partial charge in [0.1, 0.15) is 5.69 Å². The lowest BCUT2D eigenvalue weighted by Crippen LogP contribution is -1.89. The molecule has 0 unspecified atom stereocenters. The van der Waals surface area contributed by atoms with Gasteiger partial charge in [0.15, 0.2) is 6.29 Å². The van der Waals surface area contributed by atoms with Crippen molar-refractivity contribution in [3.05, 3.63) is 48.4 Å². The Morgan fingerprint density at radius 1 is 1.14 bits per heavy atom. The number of rotatable bonds is 2. The Bertz CT molecular complexity index is 440. The molecule has 0 aliphatic carbocycles. The van der Waals surface area contributed by atoms with E-state index < -0.39 is 0 Å². The Hall–Kier alpha value is -2.03. The van der Waals surface area contributed by atoms with Crippen LogP contribution in [0.4, 0.5) is 0 Å². The van der Waals surface area contributed by atoms with Crippen LogP contribution in [-0.2, 0) is 0 Å². The number of carbonyl (C=O) groups is 1. The van der Waals surface area contributed by atoms with E-state index in [-0.39, 0.29) is 0 Å². The second-order valence-corrected chi connectivity index (χ2v) is 2.81. The van der Waals surface area contributed by atoms with Gasteiger partial charge in [-0.2, -0.15) is 0 Å². The molecule has 0 aliphatic rings. The number of aromatic nitrogens is 2. The van der Waals surface area contributed by atoms with Crippen LogP contribution in [0, 0.1) is 0 Å². The summed E-state index contributed by atoms with van der Waals surface area (Å²) in [4.78, 5) is 18.7. The Balaban J connectivity index is 2.47. The summed E-state index contributed by atoms with van der Waals surface area (Å²) in [5, 5.41) is 0. The molecule has 0 amide bonds. The van der Waals surface area contributed by atoms with Gasteiger partial charge in [-0.1, -0.05) is 6.07 Å². The fourth-order valence-corrected chi connectivity index (χ4v) is 1.19. The predicted octanol–water partition coefficient (Wildman–Crippen LogP) is 1.96. The molecule has 0 aromatic carbocycles. The number of hydrogen-bond donors (Lipinski definition) is 0. The highest BCUT2D eigenvalue weighted by Crippen LogP contribution is 2.14. The third-order valence-electron chi connectivity index (χ3n) is 1.85. The maximum absolute atomic E-state index is 10.5. The standard InChI is InChI=1S/C11H8N2O/c14-8-10-4-1-5-11(13-10)9-3-2-6-12-7-9/h1-8H. The van der Waals surface area contributed by atoms with Crippen molar-refractivity contribution in [3.8, 4) is 11.3 Å². The molecule has 0 atom stereocenters. The first-order valence-corrected chi connectivity index (χ1v) is 4.23. The summed E-state index contributed by atoms with van der Waals surface area (Å²) in [7, 11) is 0. The zero-order valence-corrected chi connectivity index (χ0v) is 7.42. The van der Waals surface area contributed by atoms with Crippen molar-refractivity contribution >= 4 is 6.29 Å². The molecule has 0 radical (unpaired) electrons. The number of hydrogen-bond acceptors (Lipinski definition) is 3. The fourth-order valence-electron chi connectivity index (χ4n) is 1.19. The maximum Gasteiger partial charge on any atom is 0.168 e. The average molecular weight is 184 g/mol. The van der Waals surface area contributed by atoms with E-state index >= 15 is 0 Å². The van der Waals surface area contributed by atoms with Gasteiger partial charge in [-0.25, -0.2) is 4.98 Å². The lowest BCUT2D eigenvalue weighted by molar-refractivity contribution is 0.111. The zero-order chi connectivity index (χ0) is 9.80. The Labute approximate surface area is 81.5 Å². The van der Waals surface area contributed by atoms with Crippen LogP contribution in [-0.4, -0.2) is 16.3 Å². The topological polar surface area (TPSA) is 42.9 Å². The van der Waals surface area contributed by atoms with E-state index in [1.54, 1.807) is 24.5 Å². The minimum absolute atomic E-state index is 0.436. The highest BCUT2D eigenvalue weighted by molar-refractivity contribution is 5.73. The van der Waals surface area contributed by atoms with E-state index in [0.29, 0.717) is 5.69 Å². The third-order valence-corrected chi connectivity index (χ3v) is 1.85. The molecule has 3 heteroatoms. The lowest BCUT2D eigenvalue weighted by atomic mass is 10.2. The summed E-state index contributed by atoms with van der Waals surface area (Å²) in [6.07, 6.45) is 4.16. The molecule has 2 heterocycles. The van der Waals surface area contributed by atoms with Gasteiger partial charge in [-0.15, -0.1) is 0 Å². The molecule has 0 spiro atoms. The summed E-state index contributed by atoms with van der Waals surface area (Å²) in [5.41, 5.74) is 2.12. The molecule has 0 fully saturated rings. The van der Waals surface area contributed by atoms with E-state index in [1.807, 2.05) is 18.2 Å². The number of carbonyl (C=O) groups excluding carboxylic acids is 1. The van der Waals surface area contributed by atoms with Gasteiger partial charge in [0.05, 0.1) is 5.69 Å². The molecule has 0 bridgehead atoms. The van der Waals surface area contributed by atoms with Gasteiger partial charge in [-0.05, 0) is 24.3 Å². The van der Waals surface area contributed by atoms with Crippen LogP contribution >= 0.6 is 0 Å². The van der Waals surface area contributed by atoms with Crippen molar-refractivity contribution in [3.63, 3.8) is 0 Å². The molecule has 68 valence electrons. The molecule has 0 N–H and O–H groups in total. The largest absolute Gasteiger partial charge is 0.296 e. The van der Waals surface area contributed by atoms with Crippen LogP contribution in [0.1, 0.15) is 10.5 Å². The van der Waals surface area contributed by atoms with Crippen LogP contribution in [0.2, 0.25) is 0 Å². The third kappa shape index (κ3) is 1.66. The number of nitrogens with zero attached hydrogens (tertiary/aromatic N) is 2. The zero-order valence-electron chi connectivity index (χ0n) is 7.42. The first-order valence-electron chi connectivity index (χ1n) is 4.23. The molecular weight excluding hydrogens is 176 g/mol. The molecule has 0 aliphatic heterocycles. The maximum atomic E-state index is 10.5. The van der Waals surface area contributed by atoms with Crippen molar-refractivity contribution in [2.24, 2.45) is 0 Å². The molecule has 0 saturated heterocycles.